The fourth-order valence-corrected chi connectivity index (χ4v) is 3.27. The molecule has 0 spiro atoms. The maximum atomic E-state index is 11.8. The van der Waals surface area contributed by atoms with Crippen molar-refractivity contribution in [2.45, 2.75) is 46.1 Å². The van der Waals surface area contributed by atoms with Crippen LogP contribution in [0.5, 0.6) is 0 Å². The summed E-state index contributed by atoms with van der Waals surface area (Å²) in [7, 11) is 0. The zero-order valence-corrected chi connectivity index (χ0v) is 14.8. The molecule has 3 rings (SSSR count). The Kier molecular flexibility index (Phi) is 4.83. The van der Waals surface area contributed by atoms with Crippen LogP contribution in [-0.2, 0) is 0 Å². The maximum absolute atomic E-state index is 11.8. The highest BCUT2D eigenvalue weighted by molar-refractivity contribution is 5.75. The van der Waals surface area contributed by atoms with Crippen LogP contribution in [0.25, 0.3) is 0 Å². The summed E-state index contributed by atoms with van der Waals surface area (Å²) < 4.78 is 0. The summed E-state index contributed by atoms with van der Waals surface area (Å²) >= 11 is 0. The summed E-state index contributed by atoms with van der Waals surface area (Å²) in [5.41, 5.74) is 2.92. The number of nitrogens with zero attached hydrogens (tertiary/aromatic N) is 4. The number of hydrogen-bond donors (Lipinski definition) is 1. The molecule has 1 aromatic heterocycles. The monoisotopic (exact) mass is 341 g/mol. The van der Waals surface area contributed by atoms with Gasteiger partial charge in [-0.15, -0.1) is 0 Å². The third kappa shape index (κ3) is 3.40. The van der Waals surface area contributed by atoms with E-state index in [1.165, 1.54) is 6.33 Å². The quantitative estimate of drug-likeness (QED) is 0.665. The Labute approximate surface area is 147 Å². The van der Waals surface area contributed by atoms with Gasteiger partial charge in [0.1, 0.15) is 6.33 Å². The van der Waals surface area contributed by atoms with E-state index < -0.39 is 0 Å². The van der Waals surface area contributed by atoms with Crippen molar-refractivity contribution >= 4 is 23.0 Å². The number of rotatable bonds is 4. The van der Waals surface area contributed by atoms with Crippen molar-refractivity contribution in [1.82, 2.24) is 9.97 Å². The van der Waals surface area contributed by atoms with Crippen LogP contribution in [0.3, 0.4) is 0 Å². The largest absolute Gasteiger partial charge is 0.353 e. The summed E-state index contributed by atoms with van der Waals surface area (Å²) in [6.45, 7) is 6.86. The second kappa shape index (κ2) is 7.04. The molecular weight excluding hydrogens is 318 g/mol. The molecule has 0 bridgehead atoms. The van der Waals surface area contributed by atoms with Crippen molar-refractivity contribution in [3.63, 3.8) is 0 Å². The normalized spacial score (nSPS) is 17.4. The first-order valence-electron chi connectivity index (χ1n) is 8.58. The Hall–Kier alpha value is -2.70. The van der Waals surface area contributed by atoms with Crippen molar-refractivity contribution in [3.8, 4) is 0 Å². The molecule has 132 valence electrons. The van der Waals surface area contributed by atoms with Gasteiger partial charge < -0.3 is 10.2 Å². The van der Waals surface area contributed by atoms with Gasteiger partial charge in [-0.1, -0.05) is 12.1 Å². The molecule has 1 fully saturated rings. The lowest BCUT2D eigenvalue weighted by Crippen LogP contribution is -2.38. The van der Waals surface area contributed by atoms with E-state index in [4.69, 9.17) is 0 Å². The molecule has 1 aliphatic heterocycles. The minimum Gasteiger partial charge on any atom is -0.348 e. The van der Waals surface area contributed by atoms with Crippen LogP contribution in [0, 0.1) is 24.0 Å². The zero-order chi connectivity index (χ0) is 18.0. The van der Waals surface area contributed by atoms with Crippen LogP contribution >= 0.6 is 0 Å². The molecule has 0 aliphatic carbocycles. The van der Waals surface area contributed by atoms with Crippen molar-refractivity contribution in [3.05, 3.63) is 45.8 Å². The SMILES string of the molecule is Cc1cccc(Nc2ncnc(N3CCCCC3C)c2[N+](=O)[O-])c1C. The Morgan fingerprint density at radius 2 is 2.08 bits per heavy atom. The van der Waals surface area contributed by atoms with Crippen LogP contribution in [0.2, 0.25) is 0 Å². The van der Waals surface area contributed by atoms with Gasteiger partial charge >= 0.3 is 5.69 Å². The molecule has 1 aliphatic rings. The second-order valence-corrected chi connectivity index (χ2v) is 6.56. The number of nitrogens with one attached hydrogen (secondary N) is 1. The fourth-order valence-electron chi connectivity index (χ4n) is 3.27. The number of piperidine rings is 1. The van der Waals surface area contributed by atoms with E-state index in [1.54, 1.807) is 0 Å². The Balaban J connectivity index is 2.04. The summed E-state index contributed by atoms with van der Waals surface area (Å²) in [5.74, 6) is 0.640. The molecule has 0 amide bonds. The lowest BCUT2D eigenvalue weighted by molar-refractivity contribution is -0.383. The molecule has 2 aromatic rings. The first-order chi connectivity index (χ1) is 12.0. The van der Waals surface area contributed by atoms with Gasteiger partial charge in [0, 0.05) is 18.3 Å². The molecule has 0 saturated carbocycles. The molecule has 1 aromatic carbocycles. The first kappa shape index (κ1) is 17.1. The van der Waals surface area contributed by atoms with Gasteiger partial charge in [-0.3, -0.25) is 10.1 Å². The van der Waals surface area contributed by atoms with Crippen LogP contribution in [0.4, 0.5) is 23.0 Å². The lowest BCUT2D eigenvalue weighted by Gasteiger charge is -2.33. The van der Waals surface area contributed by atoms with Crippen LogP contribution in [0.15, 0.2) is 24.5 Å². The summed E-state index contributed by atoms with van der Waals surface area (Å²) in [5, 5.41) is 14.9. The minimum atomic E-state index is -0.385. The molecule has 7 heteroatoms. The summed E-state index contributed by atoms with van der Waals surface area (Å²) in [4.78, 5) is 21.8. The predicted molar refractivity (Wildman–Crippen MR) is 98.5 cm³/mol. The Morgan fingerprint density at radius 1 is 1.28 bits per heavy atom. The summed E-state index contributed by atoms with van der Waals surface area (Å²) in [6, 6.07) is 6.06. The molecule has 1 saturated heterocycles. The molecule has 1 unspecified atom stereocenters. The molecule has 1 atom stereocenters. The Morgan fingerprint density at radius 3 is 2.80 bits per heavy atom. The molecule has 25 heavy (non-hydrogen) atoms. The smallest absolute Gasteiger partial charge is 0.348 e. The van der Waals surface area contributed by atoms with E-state index in [1.807, 2.05) is 36.9 Å². The standard InChI is InChI=1S/C18H23N5O2/c1-12-7-6-9-15(14(12)3)21-17-16(23(24)25)18(20-11-19-17)22-10-5-4-8-13(22)2/h6-7,9,11,13H,4-5,8,10H2,1-3H3,(H,19,20,21). The molecule has 0 radical (unpaired) electrons. The van der Waals surface area contributed by atoms with Gasteiger partial charge in [0.2, 0.25) is 11.6 Å². The van der Waals surface area contributed by atoms with Gasteiger partial charge in [-0.05, 0) is 57.2 Å². The zero-order valence-electron chi connectivity index (χ0n) is 14.8. The molecular formula is C18H23N5O2. The van der Waals surface area contributed by atoms with Crippen molar-refractivity contribution in [2.24, 2.45) is 0 Å². The minimum absolute atomic E-state index is 0.0582. The third-order valence-corrected chi connectivity index (χ3v) is 4.92. The highest BCUT2D eigenvalue weighted by atomic mass is 16.6. The number of nitro groups is 1. The number of hydrogen-bond acceptors (Lipinski definition) is 6. The van der Waals surface area contributed by atoms with Gasteiger partial charge in [0.05, 0.1) is 4.92 Å². The average molecular weight is 341 g/mol. The van der Waals surface area contributed by atoms with Gasteiger partial charge in [-0.2, -0.15) is 0 Å². The van der Waals surface area contributed by atoms with Gasteiger partial charge in [0.25, 0.3) is 0 Å². The van der Waals surface area contributed by atoms with E-state index in [9.17, 15) is 10.1 Å². The first-order valence-corrected chi connectivity index (χ1v) is 8.58. The summed E-state index contributed by atoms with van der Waals surface area (Å²) in [6.07, 6.45) is 4.58. The highest BCUT2D eigenvalue weighted by Gasteiger charge is 2.30. The molecule has 7 nitrogen and oxygen atoms in total. The second-order valence-electron chi connectivity index (χ2n) is 6.56. The number of aryl methyl sites for hydroxylation is 1. The number of aromatic nitrogens is 2. The Bertz CT molecular complexity index is 793. The van der Waals surface area contributed by atoms with E-state index in [0.717, 1.165) is 42.6 Å². The molecule has 1 N–H and O–H groups in total. The van der Waals surface area contributed by atoms with E-state index in [0.29, 0.717) is 5.82 Å². The average Bonchev–Trinajstić information content (AvgIpc) is 2.59. The van der Waals surface area contributed by atoms with Crippen molar-refractivity contribution < 1.29 is 4.92 Å². The number of benzene rings is 1. The third-order valence-electron chi connectivity index (χ3n) is 4.92. The van der Waals surface area contributed by atoms with Gasteiger partial charge in [0.15, 0.2) is 0 Å². The van der Waals surface area contributed by atoms with Crippen LogP contribution in [0.1, 0.15) is 37.3 Å². The maximum Gasteiger partial charge on any atom is 0.353 e. The van der Waals surface area contributed by atoms with E-state index >= 15 is 0 Å². The predicted octanol–water partition coefficient (Wildman–Crippen LogP) is 4.12. The number of anilines is 3. The lowest BCUT2D eigenvalue weighted by atomic mass is 10.0. The molecule has 2 heterocycles. The van der Waals surface area contributed by atoms with Crippen molar-refractivity contribution in [1.29, 1.82) is 0 Å². The topological polar surface area (TPSA) is 84.2 Å². The van der Waals surface area contributed by atoms with Gasteiger partial charge in [-0.25, -0.2) is 9.97 Å². The fraction of sp³-hybridized carbons (Fsp3) is 0.444. The van der Waals surface area contributed by atoms with Crippen LogP contribution in [-0.4, -0.2) is 27.5 Å². The van der Waals surface area contributed by atoms with Crippen LogP contribution < -0.4 is 10.2 Å². The highest BCUT2D eigenvalue weighted by Crippen LogP contribution is 2.36. The van der Waals surface area contributed by atoms with Crippen molar-refractivity contribution in [2.75, 3.05) is 16.8 Å². The van der Waals surface area contributed by atoms with E-state index in [2.05, 4.69) is 22.2 Å². The van der Waals surface area contributed by atoms with E-state index in [-0.39, 0.29) is 22.5 Å².